The largest absolute Gasteiger partial charge is 0.492 e. The second-order valence-electron chi connectivity index (χ2n) is 7.43. The molecule has 0 saturated heterocycles. The van der Waals surface area contributed by atoms with Gasteiger partial charge < -0.3 is 24.6 Å². The van der Waals surface area contributed by atoms with Crippen LogP contribution in [0.5, 0.6) is 11.5 Å². The highest BCUT2D eigenvalue weighted by atomic mass is 16.5. The molecular formula is C25H30N4O5. The van der Waals surface area contributed by atoms with Crippen LogP contribution in [0.3, 0.4) is 0 Å². The van der Waals surface area contributed by atoms with Gasteiger partial charge in [0.05, 0.1) is 24.6 Å². The van der Waals surface area contributed by atoms with Gasteiger partial charge in [0.15, 0.2) is 5.82 Å². The Hall–Kier alpha value is -3.88. The molecule has 3 rings (SSSR count). The zero-order chi connectivity index (χ0) is 24.3. The normalized spacial score (nSPS) is 10.6. The van der Waals surface area contributed by atoms with Crippen LogP contribution in [0.2, 0.25) is 0 Å². The average Bonchev–Trinajstić information content (AvgIpc) is 3.29. The van der Waals surface area contributed by atoms with Gasteiger partial charge in [-0.25, -0.2) is 0 Å². The Bertz CT molecular complexity index is 1100. The van der Waals surface area contributed by atoms with Gasteiger partial charge in [-0.1, -0.05) is 30.3 Å². The molecule has 0 atom stereocenters. The van der Waals surface area contributed by atoms with Gasteiger partial charge in [-0.3, -0.25) is 9.59 Å². The fourth-order valence-corrected chi connectivity index (χ4v) is 3.24. The zero-order valence-corrected chi connectivity index (χ0v) is 19.7. The van der Waals surface area contributed by atoms with Gasteiger partial charge in [-0.05, 0) is 32.4 Å². The molecule has 1 heterocycles. The Kier molecular flexibility index (Phi) is 9.02. The Balaban J connectivity index is 1.75. The molecule has 180 valence electrons. The number of amides is 2. The highest BCUT2D eigenvalue weighted by Gasteiger charge is 2.17. The van der Waals surface area contributed by atoms with E-state index in [-0.39, 0.29) is 18.2 Å². The van der Waals surface area contributed by atoms with E-state index in [1.807, 2.05) is 26.8 Å². The van der Waals surface area contributed by atoms with E-state index in [0.29, 0.717) is 59.8 Å². The number of hydrogen-bond acceptors (Lipinski definition) is 7. The third-order valence-corrected chi connectivity index (χ3v) is 4.79. The number of ether oxygens (including phenoxy) is 2. The molecule has 34 heavy (non-hydrogen) atoms. The second kappa shape index (κ2) is 12.4. The number of nitrogens with one attached hydrogen (secondary N) is 2. The predicted molar refractivity (Wildman–Crippen MR) is 128 cm³/mol. The molecule has 2 aromatic carbocycles. The van der Waals surface area contributed by atoms with Crippen molar-refractivity contribution in [3.05, 3.63) is 59.7 Å². The number of carbonyl (C=O) groups excluding carboxylic acids is 2. The molecular weight excluding hydrogens is 436 g/mol. The molecule has 0 bridgehead atoms. The number of nitrogens with zero attached hydrogens (tertiary/aromatic N) is 2. The standard InChI is InChI=1S/C25H30N4O5/c1-4-10-22-28-24(34-29-22)14-13-23(30)26-18-15-21(33-6-3)19(16-20(18)32-5-2)27-25(31)17-11-8-7-9-12-17/h7-9,11-12,15-16H,4-6,10,13-14H2,1-3H3,(H,26,30)(H,27,31). The average molecular weight is 467 g/mol. The van der Waals surface area contributed by atoms with Crippen molar-refractivity contribution < 1.29 is 23.6 Å². The van der Waals surface area contributed by atoms with Crippen molar-refractivity contribution in [3.8, 4) is 11.5 Å². The summed E-state index contributed by atoms with van der Waals surface area (Å²) in [5.74, 6) is 1.41. The van der Waals surface area contributed by atoms with Gasteiger partial charge >= 0.3 is 0 Å². The van der Waals surface area contributed by atoms with Gasteiger partial charge in [0.1, 0.15) is 11.5 Å². The minimum atomic E-state index is -0.275. The monoisotopic (exact) mass is 466 g/mol. The summed E-state index contributed by atoms with van der Waals surface area (Å²) in [4.78, 5) is 29.6. The van der Waals surface area contributed by atoms with E-state index in [9.17, 15) is 9.59 Å². The first kappa shape index (κ1) is 24.8. The van der Waals surface area contributed by atoms with Crippen LogP contribution in [-0.4, -0.2) is 35.2 Å². The van der Waals surface area contributed by atoms with Crippen molar-refractivity contribution in [2.24, 2.45) is 0 Å². The number of aryl methyl sites for hydroxylation is 2. The lowest BCUT2D eigenvalue weighted by Gasteiger charge is -2.18. The van der Waals surface area contributed by atoms with Crippen molar-refractivity contribution in [1.82, 2.24) is 10.1 Å². The molecule has 2 N–H and O–H groups in total. The van der Waals surface area contributed by atoms with E-state index in [1.54, 1.807) is 36.4 Å². The highest BCUT2D eigenvalue weighted by Crippen LogP contribution is 2.37. The van der Waals surface area contributed by atoms with Crippen LogP contribution in [0.25, 0.3) is 0 Å². The minimum absolute atomic E-state index is 0.162. The molecule has 0 aliphatic rings. The first-order chi connectivity index (χ1) is 16.5. The summed E-state index contributed by atoms with van der Waals surface area (Å²) in [7, 11) is 0. The van der Waals surface area contributed by atoms with Crippen LogP contribution in [-0.2, 0) is 17.6 Å². The summed E-state index contributed by atoms with van der Waals surface area (Å²) in [6, 6.07) is 12.2. The topological polar surface area (TPSA) is 116 Å². The lowest BCUT2D eigenvalue weighted by molar-refractivity contribution is -0.116. The number of aromatic nitrogens is 2. The lowest BCUT2D eigenvalue weighted by Crippen LogP contribution is -2.16. The Morgan fingerprint density at radius 3 is 2.18 bits per heavy atom. The quantitative estimate of drug-likeness (QED) is 0.399. The lowest BCUT2D eigenvalue weighted by atomic mass is 10.2. The van der Waals surface area contributed by atoms with Crippen LogP contribution in [0.4, 0.5) is 11.4 Å². The molecule has 3 aromatic rings. The minimum Gasteiger partial charge on any atom is -0.492 e. The molecule has 0 aliphatic heterocycles. The van der Waals surface area contributed by atoms with E-state index in [4.69, 9.17) is 14.0 Å². The van der Waals surface area contributed by atoms with E-state index in [1.165, 1.54) is 0 Å². The second-order valence-corrected chi connectivity index (χ2v) is 7.43. The number of carbonyl (C=O) groups is 2. The van der Waals surface area contributed by atoms with Crippen molar-refractivity contribution >= 4 is 23.2 Å². The first-order valence-electron chi connectivity index (χ1n) is 11.4. The molecule has 0 spiro atoms. The molecule has 0 fully saturated rings. The third kappa shape index (κ3) is 6.81. The molecule has 0 radical (unpaired) electrons. The van der Waals surface area contributed by atoms with Gasteiger partial charge in [-0.15, -0.1) is 0 Å². The summed E-state index contributed by atoms with van der Waals surface area (Å²) in [6.07, 6.45) is 2.15. The van der Waals surface area contributed by atoms with Gasteiger partial charge in [0.2, 0.25) is 11.8 Å². The van der Waals surface area contributed by atoms with Crippen LogP contribution in [0, 0.1) is 0 Å². The summed E-state index contributed by atoms with van der Waals surface area (Å²) in [6.45, 7) is 6.48. The van der Waals surface area contributed by atoms with Crippen molar-refractivity contribution in [3.63, 3.8) is 0 Å². The number of benzene rings is 2. The Morgan fingerprint density at radius 2 is 1.56 bits per heavy atom. The van der Waals surface area contributed by atoms with E-state index in [2.05, 4.69) is 20.8 Å². The smallest absolute Gasteiger partial charge is 0.255 e. The SMILES string of the molecule is CCCc1noc(CCC(=O)Nc2cc(OCC)c(NC(=O)c3ccccc3)cc2OCC)n1. The molecule has 0 saturated carbocycles. The first-order valence-corrected chi connectivity index (χ1v) is 11.4. The number of hydrogen-bond donors (Lipinski definition) is 2. The number of rotatable bonds is 12. The predicted octanol–water partition coefficient (Wildman–Crippen LogP) is 4.64. The van der Waals surface area contributed by atoms with Gasteiger partial charge in [0.25, 0.3) is 5.91 Å². The Morgan fingerprint density at radius 1 is 0.912 bits per heavy atom. The number of anilines is 2. The van der Waals surface area contributed by atoms with Crippen molar-refractivity contribution in [2.75, 3.05) is 23.8 Å². The van der Waals surface area contributed by atoms with Crippen molar-refractivity contribution in [2.45, 2.75) is 46.5 Å². The van der Waals surface area contributed by atoms with Crippen LogP contribution >= 0.6 is 0 Å². The maximum atomic E-state index is 12.7. The zero-order valence-electron chi connectivity index (χ0n) is 19.7. The molecule has 9 heteroatoms. The molecule has 0 aliphatic carbocycles. The van der Waals surface area contributed by atoms with Gasteiger partial charge in [-0.2, -0.15) is 4.98 Å². The molecule has 9 nitrogen and oxygen atoms in total. The molecule has 1 aromatic heterocycles. The highest BCUT2D eigenvalue weighted by molar-refractivity contribution is 6.05. The molecule has 2 amide bonds. The maximum Gasteiger partial charge on any atom is 0.255 e. The van der Waals surface area contributed by atoms with E-state index in [0.717, 1.165) is 12.8 Å². The van der Waals surface area contributed by atoms with Gasteiger partial charge in [0, 0.05) is 37.0 Å². The van der Waals surface area contributed by atoms with Crippen LogP contribution in [0.15, 0.2) is 47.0 Å². The fraction of sp³-hybridized carbons (Fsp3) is 0.360. The summed E-state index contributed by atoms with van der Waals surface area (Å²) < 4.78 is 16.7. The van der Waals surface area contributed by atoms with E-state index < -0.39 is 0 Å². The summed E-state index contributed by atoms with van der Waals surface area (Å²) in [5, 5.41) is 9.63. The summed E-state index contributed by atoms with van der Waals surface area (Å²) >= 11 is 0. The third-order valence-electron chi connectivity index (χ3n) is 4.79. The Labute approximate surface area is 198 Å². The fourth-order valence-electron chi connectivity index (χ4n) is 3.24. The molecule has 0 unspecified atom stereocenters. The van der Waals surface area contributed by atoms with Crippen LogP contribution in [0.1, 0.15) is 55.7 Å². The van der Waals surface area contributed by atoms with E-state index >= 15 is 0 Å². The maximum absolute atomic E-state index is 12.7. The van der Waals surface area contributed by atoms with Crippen molar-refractivity contribution in [1.29, 1.82) is 0 Å². The summed E-state index contributed by atoms with van der Waals surface area (Å²) in [5.41, 5.74) is 1.42. The van der Waals surface area contributed by atoms with Crippen LogP contribution < -0.4 is 20.1 Å².